The van der Waals surface area contributed by atoms with Crippen molar-refractivity contribution in [2.45, 2.75) is 25.4 Å². The highest BCUT2D eigenvalue weighted by atomic mass is 16.5. The summed E-state index contributed by atoms with van der Waals surface area (Å²) in [6, 6.07) is 3.92. The average Bonchev–Trinajstić information content (AvgIpc) is 2.61. The van der Waals surface area contributed by atoms with Crippen molar-refractivity contribution >= 4 is 11.0 Å². The molecule has 0 amide bonds. The fourth-order valence-electron chi connectivity index (χ4n) is 3.14. The highest BCUT2D eigenvalue weighted by Gasteiger charge is 2.17. The molecule has 2 N–H and O–H groups in total. The van der Waals surface area contributed by atoms with Gasteiger partial charge >= 0.3 is 0 Å². The lowest BCUT2D eigenvalue weighted by atomic mass is 10.1. The first-order chi connectivity index (χ1) is 11.6. The molecule has 7 heteroatoms. The molecule has 0 bridgehead atoms. The summed E-state index contributed by atoms with van der Waals surface area (Å²) in [5, 5.41) is 0. The molecule has 1 aliphatic rings. The number of nitrogens with two attached hydrogens (primary N) is 1. The molecule has 0 atom stereocenters. The fourth-order valence-corrected chi connectivity index (χ4v) is 3.14. The van der Waals surface area contributed by atoms with Gasteiger partial charge in [-0.2, -0.15) is 0 Å². The number of piperidine rings is 1. The van der Waals surface area contributed by atoms with Crippen LogP contribution in [0, 0.1) is 0 Å². The van der Waals surface area contributed by atoms with Gasteiger partial charge in [0.05, 0.1) is 31.4 Å². The van der Waals surface area contributed by atoms with Crippen molar-refractivity contribution in [3.8, 4) is 11.5 Å². The van der Waals surface area contributed by atoms with Crippen LogP contribution in [0.4, 0.5) is 0 Å². The van der Waals surface area contributed by atoms with E-state index in [0.29, 0.717) is 29.6 Å². The molecule has 0 aliphatic carbocycles. The van der Waals surface area contributed by atoms with E-state index in [4.69, 9.17) is 15.2 Å². The quantitative estimate of drug-likeness (QED) is 0.873. The molecule has 1 aliphatic heterocycles. The van der Waals surface area contributed by atoms with Gasteiger partial charge in [-0.25, -0.2) is 4.98 Å². The minimum atomic E-state index is -0.108. The third kappa shape index (κ3) is 3.37. The van der Waals surface area contributed by atoms with E-state index in [-0.39, 0.29) is 5.56 Å². The van der Waals surface area contributed by atoms with Crippen LogP contribution >= 0.6 is 0 Å². The van der Waals surface area contributed by atoms with Gasteiger partial charge in [0.1, 0.15) is 0 Å². The van der Waals surface area contributed by atoms with Crippen LogP contribution in [0.25, 0.3) is 11.0 Å². The van der Waals surface area contributed by atoms with Crippen molar-refractivity contribution in [1.82, 2.24) is 14.5 Å². The van der Waals surface area contributed by atoms with Crippen LogP contribution in [0.15, 0.2) is 23.1 Å². The molecule has 130 valence electrons. The van der Waals surface area contributed by atoms with E-state index < -0.39 is 0 Å². The normalized spacial score (nSPS) is 16.5. The number of likely N-dealkylation sites (tertiary alicyclic amines) is 1. The Kier molecular flexibility index (Phi) is 5.01. The molecule has 24 heavy (non-hydrogen) atoms. The molecular formula is C17H24N4O3. The van der Waals surface area contributed by atoms with Crippen molar-refractivity contribution < 1.29 is 9.47 Å². The molecule has 1 fully saturated rings. The Labute approximate surface area is 141 Å². The van der Waals surface area contributed by atoms with Crippen LogP contribution < -0.4 is 20.8 Å². The summed E-state index contributed by atoms with van der Waals surface area (Å²) in [6.45, 7) is 3.40. The average molecular weight is 332 g/mol. The monoisotopic (exact) mass is 332 g/mol. The molecule has 7 nitrogen and oxygen atoms in total. The number of nitrogens with zero attached hydrogens (tertiary/aromatic N) is 3. The van der Waals surface area contributed by atoms with Gasteiger partial charge in [0.2, 0.25) is 0 Å². The number of rotatable bonds is 5. The first-order valence-electron chi connectivity index (χ1n) is 8.22. The molecule has 0 radical (unpaired) electrons. The topological polar surface area (TPSA) is 82.6 Å². The summed E-state index contributed by atoms with van der Waals surface area (Å²) >= 11 is 0. The maximum absolute atomic E-state index is 12.3. The van der Waals surface area contributed by atoms with Crippen LogP contribution in [0.5, 0.6) is 11.5 Å². The van der Waals surface area contributed by atoms with Crippen LogP contribution in [0.3, 0.4) is 0 Å². The van der Waals surface area contributed by atoms with Crippen molar-refractivity contribution in [2.24, 2.45) is 5.73 Å². The van der Waals surface area contributed by atoms with E-state index in [1.165, 1.54) is 6.20 Å². The van der Waals surface area contributed by atoms with Crippen LogP contribution in [0.1, 0.15) is 12.8 Å². The third-order valence-electron chi connectivity index (χ3n) is 4.62. The van der Waals surface area contributed by atoms with Crippen LogP contribution in [-0.2, 0) is 6.54 Å². The van der Waals surface area contributed by atoms with Gasteiger partial charge in [0.15, 0.2) is 11.5 Å². The third-order valence-corrected chi connectivity index (χ3v) is 4.62. The number of ether oxygens (including phenoxy) is 2. The van der Waals surface area contributed by atoms with E-state index in [1.54, 1.807) is 24.9 Å². The summed E-state index contributed by atoms with van der Waals surface area (Å²) in [5.41, 5.74) is 7.31. The number of aromatic nitrogens is 2. The second-order valence-electron chi connectivity index (χ2n) is 6.12. The first-order valence-corrected chi connectivity index (χ1v) is 8.22. The molecule has 3 rings (SSSR count). The number of fused-ring (bicyclic) bond motifs is 1. The Hall–Kier alpha value is -2.12. The number of hydrogen-bond donors (Lipinski definition) is 1. The summed E-state index contributed by atoms with van der Waals surface area (Å²) in [7, 11) is 3.17. The van der Waals surface area contributed by atoms with Crippen molar-refractivity contribution in [3.05, 3.63) is 28.7 Å². The van der Waals surface area contributed by atoms with E-state index >= 15 is 0 Å². The smallest absolute Gasteiger partial charge is 0.269 e. The van der Waals surface area contributed by atoms with Gasteiger partial charge < -0.3 is 24.7 Å². The molecule has 0 spiro atoms. The summed E-state index contributed by atoms with van der Waals surface area (Å²) in [5.74, 6) is 1.20. The van der Waals surface area contributed by atoms with Crippen molar-refractivity contribution in [1.29, 1.82) is 0 Å². The van der Waals surface area contributed by atoms with Crippen LogP contribution in [-0.4, -0.2) is 54.3 Å². The zero-order chi connectivity index (χ0) is 17.1. The lowest BCUT2D eigenvalue weighted by Gasteiger charge is -2.30. The van der Waals surface area contributed by atoms with E-state index in [0.717, 1.165) is 38.0 Å². The lowest BCUT2D eigenvalue weighted by Crippen LogP contribution is -2.41. The summed E-state index contributed by atoms with van der Waals surface area (Å²) in [6.07, 6.45) is 3.38. The first kappa shape index (κ1) is 16.7. The number of methoxy groups -OCH3 is 2. The second kappa shape index (κ2) is 7.19. The van der Waals surface area contributed by atoms with Gasteiger partial charge in [-0.05, 0) is 25.9 Å². The largest absolute Gasteiger partial charge is 0.493 e. The Morgan fingerprint density at radius 2 is 1.83 bits per heavy atom. The molecule has 2 aromatic rings. The van der Waals surface area contributed by atoms with Crippen LogP contribution in [0.2, 0.25) is 0 Å². The van der Waals surface area contributed by atoms with Gasteiger partial charge in [0.25, 0.3) is 5.56 Å². The standard InChI is InChI=1S/C17H24N4O3/c1-23-15-9-13-14(10-16(15)24-2)21(17(22)11-19-13)8-7-20-5-3-12(18)4-6-20/h9-12H,3-8,18H2,1-2H3. The minimum Gasteiger partial charge on any atom is -0.493 e. The molecule has 0 unspecified atom stereocenters. The van der Waals surface area contributed by atoms with E-state index in [9.17, 15) is 4.79 Å². The fraction of sp³-hybridized carbons (Fsp3) is 0.529. The van der Waals surface area contributed by atoms with Crippen molar-refractivity contribution in [3.63, 3.8) is 0 Å². The Morgan fingerprint density at radius 1 is 1.17 bits per heavy atom. The highest BCUT2D eigenvalue weighted by Crippen LogP contribution is 2.30. The highest BCUT2D eigenvalue weighted by molar-refractivity contribution is 5.79. The minimum absolute atomic E-state index is 0.108. The molecule has 2 heterocycles. The molecule has 0 saturated carbocycles. The number of hydrogen-bond acceptors (Lipinski definition) is 6. The van der Waals surface area contributed by atoms with Gasteiger partial charge in [-0.15, -0.1) is 0 Å². The van der Waals surface area contributed by atoms with Gasteiger partial charge in [-0.3, -0.25) is 4.79 Å². The van der Waals surface area contributed by atoms with Gasteiger partial charge in [0, 0.05) is 31.3 Å². The van der Waals surface area contributed by atoms with Crippen molar-refractivity contribution in [2.75, 3.05) is 33.9 Å². The molecule has 1 aromatic heterocycles. The zero-order valence-corrected chi connectivity index (χ0v) is 14.2. The lowest BCUT2D eigenvalue weighted by molar-refractivity contribution is 0.206. The Morgan fingerprint density at radius 3 is 2.50 bits per heavy atom. The molecule has 1 aromatic carbocycles. The SMILES string of the molecule is COc1cc2ncc(=O)n(CCN3CCC(N)CC3)c2cc1OC. The van der Waals surface area contributed by atoms with E-state index in [2.05, 4.69) is 9.88 Å². The summed E-state index contributed by atoms with van der Waals surface area (Å²) in [4.78, 5) is 18.9. The Bertz CT molecular complexity index is 766. The molecular weight excluding hydrogens is 308 g/mol. The maximum atomic E-state index is 12.3. The van der Waals surface area contributed by atoms with Gasteiger partial charge in [-0.1, -0.05) is 0 Å². The number of benzene rings is 1. The maximum Gasteiger partial charge on any atom is 0.269 e. The van der Waals surface area contributed by atoms with E-state index in [1.807, 2.05) is 6.07 Å². The second-order valence-corrected chi connectivity index (χ2v) is 6.12. The molecule has 1 saturated heterocycles. The predicted molar refractivity (Wildman–Crippen MR) is 92.8 cm³/mol. The predicted octanol–water partition coefficient (Wildman–Crippen LogP) is 0.837. The Balaban J connectivity index is 1.88. The zero-order valence-electron chi connectivity index (χ0n) is 14.2. The summed E-state index contributed by atoms with van der Waals surface area (Å²) < 4.78 is 12.4.